The van der Waals surface area contributed by atoms with Crippen LogP contribution in [0.2, 0.25) is 0 Å². The molecule has 4 rings (SSSR count). The van der Waals surface area contributed by atoms with Gasteiger partial charge in [0.2, 0.25) is 0 Å². The summed E-state index contributed by atoms with van der Waals surface area (Å²) in [4.78, 5) is 28.9. The van der Waals surface area contributed by atoms with Gasteiger partial charge in [0, 0.05) is 17.4 Å². The summed E-state index contributed by atoms with van der Waals surface area (Å²) in [5, 5.41) is 13.0. The van der Waals surface area contributed by atoms with Gasteiger partial charge in [-0.25, -0.2) is 9.78 Å². The van der Waals surface area contributed by atoms with E-state index in [1.165, 1.54) is 0 Å². The van der Waals surface area contributed by atoms with Crippen molar-refractivity contribution < 1.29 is 24.2 Å². The Balaban J connectivity index is 1.62. The molecule has 0 aliphatic carbocycles. The standard InChI is InChI=1S/C26H28N2O5/c1-14-12-21(27-20-9-7-6-8-18(14)20)28-25(31)26(5)11-10-19-17(4)23(32-13-22(29)30)15(2)16(3)24(19)33-26/h6-9,12H,10-11,13H2,1-5H3,(H,29,30)(H,27,28,31). The summed E-state index contributed by atoms with van der Waals surface area (Å²) in [5.41, 5.74) is 4.24. The number of nitrogens with zero attached hydrogens (tertiary/aromatic N) is 1. The molecule has 1 aromatic heterocycles. The molecular weight excluding hydrogens is 420 g/mol. The number of ether oxygens (including phenoxy) is 2. The predicted octanol–water partition coefficient (Wildman–Crippen LogP) is 4.65. The van der Waals surface area contributed by atoms with Crippen molar-refractivity contribution >= 4 is 28.6 Å². The molecule has 33 heavy (non-hydrogen) atoms. The number of carboxylic acids is 1. The summed E-state index contributed by atoms with van der Waals surface area (Å²) in [6.45, 7) is 9.05. The number of anilines is 1. The van der Waals surface area contributed by atoms with Gasteiger partial charge in [0.25, 0.3) is 5.91 Å². The maximum atomic E-state index is 13.3. The first kappa shape index (κ1) is 22.6. The van der Waals surface area contributed by atoms with E-state index >= 15 is 0 Å². The molecule has 2 N–H and O–H groups in total. The van der Waals surface area contributed by atoms with E-state index in [2.05, 4.69) is 10.3 Å². The highest BCUT2D eigenvalue weighted by molar-refractivity contribution is 5.98. The van der Waals surface area contributed by atoms with Gasteiger partial charge in [-0.3, -0.25) is 4.79 Å². The van der Waals surface area contributed by atoms with Gasteiger partial charge in [-0.1, -0.05) is 18.2 Å². The summed E-state index contributed by atoms with van der Waals surface area (Å²) < 4.78 is 11.9. The Morgan fingerprint density at radius 3 is 2.61 bits per heavy atom. The number of benzene rings is 2. The number of carbonyl (C=O) groups excluding carboxylic acids is 1. The predicted molar refractivity (Wildman–Crippen MR) is 126 cm³/mol. The zero-order valence-corrected chi connectivity index (χ0v) is 19.5. The van der Waals surface area contributed by atoms with Crippen LogP contribution in [0.15, 0.2) is 30.3 Å². The van der Waals surface area contributed by atoms with Crippen LogP contribution in [0.4, 0.5) is 5.82 Å². The van der Waals surface area contributed by atoms with Crippen LogP contribution in [0, 0.1) is 27.7 Å². The zero-order chi connectivity index (χ0) is 23.9. The van der Waals surface area contributed by atoms with Gasteiger partial charge in [0.1, 0.15) is 17.3 Å². The number of carbonyl (C=O) groups is 2. The zero-order valence-electron chi connectivity index (χ0n) is 19.5. The second-order valence-electron chi connectivity index (χ2n) is 8.82. The Morgan fingerprint density at radius 1 is 1.15 bits per heavy atom. The molecule has 0 radical (unpaired) electrons. The lowest BCUT2D eigenvalue weighted by molar-refractivity contribution is -0.139. The van der Waals surface area contributed by atoms with Gasteiger partial charge in [-0.15, -0.1) is 0 Å². The minimum absolute atomic E-state index is 0.253. The molecule has 172 valence electrons. The van der Waals surface area contributed by atoms with Crippen molar-refractivity contribution in [2.24, 2.45) is 0 Å². The smallest absolute Gasteiger partial charge is 0.341 e. The molecule has 7 nitrogen and oxygen atoms in total. The van der Waals surface area contributed by atoms with Crippen molar-refractivity contribution in [2.45, 2.75) is 53.1 Å². The van der Waals surface area contributed by atoms with Gasteiger partial charge >= 0.3 is 5.97 Å². The third kappa shape index (κ3) is 4.11. The number of aliphatic carboxylic acids is 1. The average molecular weight is 449 g/mol. The van der Waals surface area contributed by atoms with Crippen molar-refractivity contribution in [1.82, 2.24) is 4.98 Å². The molecule has 0 saturated carbocycles. The van der Waals surface area contributed by atoms with Crippen LogP contribution in [-0.2, 0) is 16.0 Å². The fourth-order valence-corrected chi connectivity index (χ4v) is 4.41. The van der Waals surface area contributed by atoms with Gasteiger partial charge in [-0.05, 0) is 75.4 Å². The number of pyridine rings is 1. The molecule has 2 aromatic carbocycles. The van der Waals surface area contributed by atoms with Crippen molar-refractivity contribution in [1.29, 1.82) is 0 Å². The lowest BCUT2D eigenvalue weighted by Crippen LogP contribution is -2.48. The SMILES string of the molecule is Cc1c(C)c2c(c(C)c1OCC(=O)O)CCC(C)(C(=O)Nc1cc(C)c3ccccc3n1)O2. The first-order valence-corrected chi connectivity index (χ1v) is 10.9. The van der Waals surface area contributed by atoms with Gasteiger partial charge in [-0.2, -0.15) is 0 Å². The van der Waals surface area contributed by atoms with E-state index in [9.17, 15) is 9.59 Å². The molecule has 1 aliphatic rings. The Morgan fingerprint density at radius 2 is 1.88 bits per heavy atom. The molecule has 0 fully saturated rings. The minimum atomic E-state index is -1.07. The number of aromatic nitrogens is 1. The first-order valence-electron chi connectivity index (χ1n) is 10.9. The van der Waals surface area contributed by atoms with Crippen LogP contribution in [-0.4, -0.2) is 34.2 Å². The van der Waals surface area contributed by atoms with E-state index in [0.29, 0.717) is 30.2 Å². The quantitative estimate of drug-likeness (QED) is 0.589. The minimum Gasteiger partial charge on any atom is -0.481 e. The maximum absolute atomic E-state index is 13.3. The normalized spacial score (nSPS) is 17.2. The number of hydrogen-bond donors (Lipinski definition) is 2. The number of aryl methyl sites for hydroxylation is 1. The van der Waals surface area contributed by atoms with Gasteiger partial charge in [0.15, 0.2) is 12.2 Å². The Kier molecular flexibility index (Phi) is 5.74. The third-order valence-corrected chi connectivity index (χ3v) is 6.48. The highest BCUT2D eigenvalue weighted by Gasteiger charge is 2.41. The third-order valence-electron chi connectivity index (χ3n) is 6.48. The summed E-state index contributed by atoms with van der Waals surface area (Å²) >= 11 is 0. The first-order chi connectivity index (χ1) is 15.6. The van der Waals surface area contributed by atoms with Crippen molar-refractivity contribution in [2.75, 3.05) is 11.9 Å². The topological polar surface area (TPSA) is 97.8 Å². The largest absolute Gasteiger partial charge is 0.481 e. The second kappa shape index (κ2) is 8.39. The molecule has 0 spiro atoms. The Labute approximate surface area is 192 Å². The van der Waals surface area contributed by atoms with Crippen molar-refractivity contribution in [3.63, 3.8) is 0 Å². The summed E-state index contributed by atoms with van der Waals surface area (Å²) in [6, 6.07) is 9.68. The molecule has 1 unspecified atom stereocenters. The van der Waals surface area contributed by atoms with Crippen molar-refractivity contribution in [3.05, 3.63) is 58.1 Å². The molecule has 2 heterocycles. The molecule has 0 saturated heterocycles. The maximum Gasteiger partial charge on any atom is 0.341 e. The average Bonchev–Trinajstić information content (AvgIpc) is 2.77. The van der Waals surface area contributed by atoms with Gasteiger partial charge in [0.05, 0.1) is 5.52 Å². The fourth-order valence-electron chi connectivity index (χ4n) is 4.41. The molecule has 7 heteroatoms. The molecule has 3 aromatic rings. The van der Waals surface area contributed by atoms with E-state index in [1.54, 1.807) is 6.92 Å². The van der Waals surface area contributed by atoms with Crippen LogP contribution in [0.3, 0.4) is 0 Å². The second-order valence-corrected chi connectivity index (χ2v) is 8.82. The van der Waals surface area contributed by atoms with E-state index in [0.717, 1.165) is 38.7 Å². The fraction of sp³-hybridized carbons (Fsp3) is 0.346. The molecule has 1 aliphatic heterocycles. The number of amides is 1. The molecule has 0 bridgehead atoms. The van der Waals surface area contributed by atoms with Crippen LogP contribution in [0.1, 0.15) is 41.2 Å². The van der Waals surface area contributed by atoms with Crippen LogP contribution in [0.25, 0.3) is 10.9 Å². The number of fused-ring (bicyclic) bond motifs is 2. The van der Waals surface area contributed by atoms with Crippen molar-refractivity contribution in [3.8, 4) is 11.5 Å². The van der Waals surface area contributed by atoms with Crippen LogP contribution < -0.4 is 14.8 Å². The van der Waals surface area contributed by atoms with E-state index in [-0.39, 0.29) is 5.91 Å². The number of rotatable bonds is 5. The highest BCUT2D eigenvalue weighted by Crippen LogP contribution is 2.44. The number of hydrogen-bond acceptors (Lipinski definition) is 5. The lowest BCUT2D eigenvalue weighted by atomic mass is 9.86. The summed E-state index contributed by atoms with van der Waals surface area (Å²) in [6.07, 6.45) is 1.08. The van der Waals surface area contributed by atoms with Crippen LogP contribution >= 0.6 is 0 Å². The Hall–Kier alpha value is -3.61. The molecular formula is C26H28N2O5. The Bertz CT molecular complexity index is 1280. The van der Waals surface area contributed by atoms with E-state index in [1.807, 2.05) is 58.0 Å². The number of para-hydroxylation sites is 1. The molecule has 1 amide bonds. The van der Waals surface area contributed by atoms with Crippen LogP contribution in [0.5, 0.6) is 11.5 Å². The highest BCUT2D eigenvalue weighted by atomic mass is 16.5. The summed E-state index contributed by atoms with van der Waals surface area (Å²) in [5.74, 6) is 0.451. The summed E-state index contributed by atoms with van der Waals surface area (Å²) in [7, 11) is 0. The molecule has 1 atom stereocenters. The van der Waals surface area contributed by atoms with Gasteiger partial charge < -0.3 is 19.9 Å². The van der Waals surface area contributed by atoms with E-state index in [4.69, 9.17) is 14.6 Å². The monoisotopic (exact) mass is 448 g/mol. The number of carboxylic acid groups (broad SMARTS) is 1. The van der Waals surface area contributed by atoms with E-state index < -0.39 is 18.2 Å². The lowest BCUT2D eigenvalue weighted by Gasteiger charge is -2.36. The number of nitrogens with one attached hydrogen (secondary N) is 1.